The van der Waals surface area contributed by atoms with Gasteiger partial charge in [0.25, 0.3) is 0 Å². The monoisotopic (exact) mass is 496 g/mol. The number of benzene rings is 1. The van der Waals surface area contributed by atoms with E-state index in [9.17, 15) is 9.59 Å². The molecule has 34 heavy (non-hydrogen) atoms. The molecule has 1 aromatic carbocycles. The fourth-order valence-electron chi connectivity index (χ4n) is 4.03. The van der Waals surface area contributed by atoms with Crippen LogP contribution in [0, 0.1) is 0 Å². The maximum atomic E-state index is 12.9. The Kier molecular flexibility index (Phi) is 8.18. The molecule has 0 unspecified atom stereocenters. The minimum atomic E-state index is -0.358. The minimum absolute atomic E-state index is 0.148. The summed E-state index contributed by atoms with van der Waals surface area (Å²) in [6, 6.07) is 9.80. The first kappa shape index (κ1) is 24.2. The van der Waals surface area contributed by atoms with Gasteiger partial charge in [0, 0.05) is 17.0 Å². The Labute approximate surface area is 207 Å². The third-order valence-corrected chi connectivity index (χ3v) is 7.72. The van der Waals surface area contributed by atoms with E-state index in [-0.39, 0.29) is 17.6 Å². The van der Waals surface area contributed by atoms with Gasteiger partial charge < -0.3 is 10.1 Å². The highest BCUT2D eigenvalue weighted by Crippen LogP contribution is 2.38. The number of thiophene rings is 1. The van der Waals surface area contributed by atoms with Crippen LogP contribution in [0.15, 0.2) is 48.1 Å². The quantitative estimate of drug-likeness (QED) is 0.186. The number of amides is 1. The number of carbonyl (C=O) groups excluding carboxylic acids is 2. The van der Waals surface area contributed by atoms with Crippen molar-refractivity contribution in [1.29, 1.82) is 0 Å². The average molecular weight is 497 g/mol. The van der Waals surface area contributed by atoms with E-state index in [0.717, 1.165) is 49.1 Å². The molecule has 1 aliphatic carbocycles. The van der Waals surface area contributed by atoms with Gasteiger partial charge in [-0.15, -0.1) is 28.1 Å². The van der Waals surface area contributed by atoms with Crippen LogP contribution in [0.3, 0.4) is 0 Å². The number of esters is 1. The molecule has 2 aromatic heterocycles. The molecule has 3 aromatic rings. The number of nitrogens with zero attached hydrogens (tertiary/aromatic N) is 3. The van der Waals surface area contributed by atoms with Gasteiger partial charge in [0.15, 0.2) is 11.0 Å². The summed E-state index contributed by atoms with van der Waals surface area (Å²) in [6.07, 6.45) is 6.86. The van der Waals surface area contributed by atoms with Crippen LogP contribution >= 0.6 is 23.1 Å². The molecule has 0 atom stereocenters. The Morgan fingerprint density at radius 1 is 1.21 bits per heavy atom. The molecule has 1 N–H and O–H groups in total. The number of carbonyl (C=O) groups is 2. The van der Waals surface area contributed by atoms with E-state index in [2.05, 4.69) is 22.1 Å². The lowest BCUT2D eigenvalue weighted by Crippen LogP contribution is -2.17. The van der Waals surface area contributed by atoms with E-state index in [1.807, 2.05) is 34.9 Å². The fourth-order valence-corrected chi connectivity index (χ4v) is 6.07. The summed E-state index contributed by atoms with van der Waals surface area (Å²) in [7, 11) is 0. The number of aromatic nitrogens is 3. The summed E-state index contributed by atoms with van der Waals surface area (Å²) in [5.41, 5.74) is 2.53. The molecule has 0 radical (unpaired) electrons. The molecule has 0 saturated heterocycles. The Bertz CT molecular complexity index is 1170. The fraction of sp³-hybridized carbons (Fsp3) is 0.360. The summed E-state index contributed by atoms with van der Waals surface area (Å²) in [4.78, 5) is 26.8. The molecule has 1 amide bonds. The molecule has 0 aliphatic heterocycles. The zero-order valence-electron chi connectivity index (χ0n) is 19.2. The molecule has 0 bridgehead atoms. The molecular weight excluding hydrogens is 468 g/mol. The third-order valence-electron chi connectivity index (χ3n) is 5.55. The van der Waals surface area contributed by atoms with Crippen LogP contribution in [-0.2, 0) is 28.9 Å². The molecular formula is C25H28N4O3S2. The highest BCUT2D eigenvalue weighted by molar-refractivity contribution is 7.99. The number of thioether (sulfide) groups is 1. The molecule has 0 fully saturated rings. The Morgan fingerprint density at radius 3 is 2.76 bits per heavy atom. The lowest BCUT2D eigenvalue weighted by Gasteiger charge is -2.09. The first-order valence-corrected chi connectivity index (χ1v) is 13.3. The second-order valence-corrected chi connectivity index (χ2v) is 9.95. The summed E-state index contributed by atoms with van der Waals surface area (Å²) in [5.74, 6) is 0.328. The second-order valence-electron chi connectivity index (χ2n) is 7.90. The van der Waals surface area contributed by atoms with Crippen molar-refractivity contribution in [2.24, 2.45) is 0 Å². The first-order valence-electron chi connectivity index (χ1n) is 11.5. The van der Waals surface area contributed by atoms with Gasteiger partial charge in [0.2, 0.25) is 5.91 Å². The number of allylic oxidation sites excluding steroid dienone is 1. The van der Waals surface area contributed by atoms with E-state index in [0.29, 0.717) is 28.9 Å². The number of anilines is 1. The van der Waals surface area contributed by atoms with Crippen molar-refractivity contribution in [3.8, 4) is 11.4 Å². The molecule has 4 rings (SSSR count). The zero-order chi connectivity index (χ0) is 23.9. The van der Waals surface area contributed by atoms with Gasteiger partial charge in [0.1, 0.15) is 5.00 Å². The molecule has 9 heteroatoms. The number of rotatable bonds is 9. The van der Waals surface area contributed by atoms with Crippen LogP contribution in [0.2, 0.25) is 0 Å². The van der Waals surface area contributed by atoms with Crippen molar-refractivity contribution in [3.63, 3.8) is 0 Å². The standard InChI is InChI=1S/C25H28N4O3S2/c1-3-15-29-22(17-11-7-5-8-12-17)27-28-25(29)33-16-20(30)26-23-21(24(31)32-4-2)18-13-9-6-10-14-19(18)34-23/h3,5,7-8,11-12H,1,4,6,9-10,13-16H2,2H3,(H,26,30). The van der Waals surface area contributed by atoms with Crippen molar-refractivity contribution in [2.45, 2.75) is 50.7 Å². The molecule has 1 aliphatic rings. The number of ether oxygens (including phenoxy) is 1. The van der Waals surface area contributed by atoms with Crippen molar-refractivity contribution in [2.75, 3.05) is 17.7 Å². The van der Waals surface area contributed by atoms with E-state index in [1.54, 1.807) is 13.0 Å². The predicted octanol–water partition coefficient (Wildman–Crippen LogP) is 5.37. The van der Waals surface area contributed by atoms with E-state index >= 15 is 0 Å². The van der Waals surface area contributed by atoms with Crippen LogP contribution in [0.5, 0.6) is 0 Å². The molecule has 2 heterocycles. The Balaban J connectivity index is 1.50. The SMILES string of the molecule is C=CCn1c(SCC(=O)Nc2sc3c(c2C(=O)OCC)CCCCC3)nnc1-c1ccccc1. The van der Waals surface area contributed by atoms with Crippen molar-refractivity contribution in [3.05, 3.63) is 59.0 Å². The topological polar surface area (TPSA) is 86.1 Å². The van der Waals surface area contributed by atoms with Crippen LogP contribution in [0.1, 0.15) is 47.0 Å². The summed E-state index contributed by atoms with van der Waals surface area (Å²) < 4.78 is 7.25. The van der Waals surface area contributed by atoms with Gasteiger partial charge in [-0.3, -0.25) is 9.36 Å². The minimum Gasteiger partial charge on any atom is -0.462 e. The molecule has 0 saturated carbocycles. The number of hydrogen-bond donors (Lipinski definition) is 1. The van der Waals surface area contributed by atoms with Gasteiger partial charge >= 0.3 is 5.97 Å². The second kappa shape index (κ2) is 11.5. The highest BCUT2D eigenvalue weighted by Gasteiger charge is 2.26. The zero-order valence-corrected chi connectivity index (χ0v) is 20.8. The maximum absolute atomic E-state index is 12.9. The number of aryl methyl sites for hydroxylation is 1. The number of fused-ring (bicyclic) bond motifs is 1. The normalized spacial score (nSPS) is 13.1. The van der Waals surface area contributed by atoms with Crippen molar-refractivity contribution < 1.29 is 14.3 Å². The Morgan fingerprint density at radius 2 is 2.00 bits per heavy atom. The van der Waals surface area contributed by atoms with Crippen LogP contribution in [0.25, 0.3) is 11.4 Å². The highest BCUT2D eigenvalue weighted by atomic mass is 32.2. The molecule has 7 nitrogen and oxygen atoms in total. The summed E-state index contributed by atoms with van der Waals surface area (Å²) in [5, 5.41) is 12.8. The lowest BCUT2D eigenvalue weighted by molar-refractivity contribution is -0.113. The van der Waals surface area contributed by atoms with E-state index in [4.69, 9.17) is 4.74 Å². The van der Waals surface area contributed by atoms with E-state index in [1.165, 1.54) is 28.0 Å². The third kappa shape index (κ3) is 5.42. The van der Waals surface area contributed by atoms with Crippen molar-refractivity contribution in [1.82, 2.24) is 14.8 Å². The first-order chi connectivity index (χ1) is 16.6. The van der Waals surface area contributed by atoms with Crippen LogP contribution in [-0.4, -0.2) is 39.0 Å². The molecule has 0 spiro atoms. The van der Waals surface area contributed by atoms with Gasteiger partial charge in [-0.05, 0) is 38.2 Å². The average Bonchev–Trinajstić information content (AvgIpc) is 3.31. The van der Waals surface area contributed by atoms with Crippen LogP contribution < -0.4 is 5.32 Å². The maximum Gasteiger partial charge on any atom is 0.341 e. The van der Waals surface area contributed by atoms with Crippen LogP contribution in [0.4, 0.5) is 5.00 Å². The van der Waals surface area contributed by atoms with Gasteiger partial charge in [-0.2, -0.15) is 0 Å². The van der Waals surface area contributed by atoms with Crippen molar-refractivity contribution >= 4 is 40.0 Å². The largest absolute Gasteiger partial charge is 0.462 e. The van der Waals surface area contributed by atoms with Gasteiger partial charge in [-0.1, -0.05) is 54.6 Å². The van der Waals surface area contributed by atoms with Gasteiger partial charge in [0.05, 0.1) is 17.9 Å². The summed E-state index contributed by atoms with van der Waals surface area (Å²) in [6.45, 7) is 6.46. The van der Waals surface area contributed by atoms with E-state index < -0.39 is 0 Å². The lowest BCUT2D eigenvalue weighted by atomic mass is 10.1. The Hall–Kier alpha value is -2.91. The van der Waals surface area contributed by atoms with Gasteiger partial charge in [-0.25, -0.2) is 4.79 Å². The smallest absolute Gasteiger partial charge is 0.341 e. The summed E-state index contributed by atoms with van der Waals surface area (Å²) >= 11 is 2.81. The molecule has 178 valence electrons. The number of nitrogens with one attached hydrogen (secondary N) is 1. The predicted molar refractivity (Wildman–Crippen MR) is 137 cm³/mol. The number of hydrogen-bond acceptors (Lipinski definition) is 7.